The van der Waals surface area contributed by atoms with Gasteiger partial charge in [0, 0.05) is 12.2 Å². The molecule has 0 atom stereocenters. The highest BCUT2D eigenvalue weighted by Gasteiger charge is 2.36. The van der Waals surface area contributed by atoms with E-state index in [4.69, 9.17) is 0 Å². The molecule has 94 valence electrons. The summed E-state index contributed by atoms with van der Waals surface area (Å²) < 4.78 is 38.6. The van der Waals surface area contributed by atoms with Gasteiger partial charge < -0.3 is 5.32 Å². The Hall–Kier alpha value is -0.780. The van der Waals surface area contributed by atoms with Crippen LogP contribution < -0.4 is 5.32 Å². The lowest BCUT2D eigenvalue weighted by molar-refractivity contribution is -0.137. The summed E-state index contributed by atoms with van der Waals surface area (Å²) in [5.74, 6) is 0. The van der Waals surface area contributed by atoms with Crippen molar-refractivity contribution >= 4 is 21.6 Å². The van der Waals surface area contributed by atoms with E-state index in [1.807, 2.05) is 0 Å². The number of nitrogens with zero attached hydrogens (tertiary/aromatic N) is 1. The average molecular weight is 309 g/mol. The van der Waals surface area contributed by atoms with E-state index in [0.717, 1.165) is 25.7 Å². The third kappa shape index (κ3) is 2.91. The van der Waals surface area contributed by atoms with Gasteiger partial charge in [0.2, 0.25) is 0 Å². The highest BCUT2D eigenvalue weighted by Crippen LogP contribution is 2.40. The molecule has 0 amide bonds. The van der Waals surface area contributed by atoms with Crippen LogP contribution in [0, 0.1) is 0 Å². The van der Waals surface area contributed by atoms with E-state index in [9.17, 15) is 13.2 Å². The third-order valence-corrected chi connectivity index (χ3v) is 3.50. The summed E-state index contributed by atoms with van der Waals surface area (Å²) in [6, 6.07) is 0.132. The summed E-state index contributed by atoms with van der Waals surface area (Å²) in [5.41, 5.74) is -0.599. The molecule has 1 heterocycles. The first kappa shape index (κ1) is 12.7. The minimum Gasteiger partial charge on any atom is -0.381 e. The maximum atomic E-state index is 12.9. The van der Waals surface area contributed by atoms with E-state index in [-0.39, 0.29) is 16.2 Å². The minimum absolute atomic E-state index is 0.0204. The number of rotatable bonds is 2. The Balaban J connectivity index is 2.29. The van der Waals surface area contributed by atoms with Crippen molar-refractivity contribution in [3.05, 3.63) is 22.4 Å². The van der Waals surface area contributed by atoms with E-state index in [1.165, 1.54) is 12.4 Å². The molecule has 1 aliphatic carbocycles. The van der Waals surface area contributed by atoms with Gasteiger partial charge >= 0.3 is 6.18 Å². The molecule has 1 N–H and O–H groups in total. The quantitative estimate of drug-likeness (QED) is 0.885. The van der Waals surface area contributed by atoms with Gasteiger partial charge in [-0.2, -0.15) is 13.2 Å². The first-order valence-corrected chi connectivity index (χ1v) is 6.25. The molecule has 1 aromatic heterocycles. The lowest BCUT2D eigenvalue weighted by atomic mass is 10.2. The number of hydrogen-bond acceptors (Lipinski definition) is 2. The zero-order valence-electron chi connectivity index (χ0n) is 9.02. The fourth-order valence-electron chi connectivity index (χ4n) is 2.12. The van der Waals surface area contributed by atoms with E-state index in [0.29, 0.717) is 0 Å². The van der Waals surface area contributed by atoms with Gasteiger partial charge in [0.15, 0.2) is 0 Å². The number of halogens is 4. The van der Waals surface area contributed by atoms with Crippen molar-refractivity contribution < 1.29 is 13.2 Å². The molecule has 2 nitrogen and oxygen atoms in total. The van der Waals surface area contributed by atoms with Gasteiger partial charge in [-0.05, 0) is 28.8 Å². The molecule has 0 unspecified atom stereocenters. The molecule has 0 saturated heterocycles. The van der Waals surface area contributed by atoms with Gasteiger partial charge in [-0.3, -0.25) is 4.98 Å². The molecule has 1 aromatic rings. The fraction of sp³-hybridized carbons (Fsp3) is 0.545. The van der Waals surface area contributed by atoms with Crippen molar-refractivity contribution in [1.82, 2.24) is 4.98 Å². The zero-order valence-corrected chi connectivity index (χ0v) is 10.6. The van der Waals surface area contributed by atoms with Crippen molar-refractivity contribution in [3.8, 4) is 0 Å². The average Bonchev–Trinajstić information content (AvgIpc) is 2.68. The van der Waals surface area contributed by atoms with Gasteiger partial charge in [0.05, 0.1) is 21.9 Å². The smallest absolute Gasteiger partial charge is 0.381 e. The van der Waals surface area contributed by atoms with Gasteiger partial charge in [0.1, 0.15) is 0 Å². The van der Waals surface area contributed by atoms with Crippen molar-refractivity contribution in [1.29, 1.82) is 0 Å². The van der Waals surface area contributed by atoms with Crippen molar-refractivity contribution in [2.24, 2.45) is 0 Å². The van der Waals surface area contributed by atoms with E-state index in [1.54, 1.807) is 0 Å². The molecule has 1 fully saturated rings. The second-order valence-corrected chi connectivity index (χ2v) is 5.02. The molecule has 6 heteroatoms. The van der Waals surface area contributed by atoms with Crippen LogP contribution in [0.1, 0.15) is 31.2 Å². The van der Waals surface area contributed by atoms with Crippen LogP contribution in [0.15, 0.2) is 16.9 Å². The molecule has 1 saturated carbocycles. The predicted molar refractivity (Wildman–Crippen MR) is 62.8 cm³/mol. The van der Waals surface area contributed by atoms with Crippen LogP contribution in [0.2, 0.25) is 0 Å². The topological polar surface area (TPSA) is 24.9 Å². The Morgan fingerprint density at radius 3 is 2.47 bits per heavy atom. The first-order chi connectivity index (χ1) is 7.98. The van der Waals surface area contributed by atoms with Crippen molar-refractivity contribution in [2.75, 3.05) is 5.32 Å². The summed E-state index contributed by atoms with van der Waals surface area (Å²) in [4.78, 5) is 3.79. The number of aromatic nitrogens is 1. The Morgan fingerprint density at radius 2 is 1.88 bits per heavy atom. The molecule has 17 heavy (non-hydrogen) atoms. The fourth-order valence-corrected chi connectivity index (χ4v) is 2.68. The van der Waals surface area contributed by atoms with E-state index < -0.39 is 11.7 Å². The second-order valence-electron chi connectivity index (χ2n) is 4.17. The van der Waals surface area contributed by atoms with E-state index >= 15 is 0 Å². The molecule has 1 aliphatic rings. The Morgan fingerprint density at radius 1 is 1.24 bits per heavy atom. The van der Waals surface area contributed by atoms with Crippen LogP contribution in [0.5, 0.6) is 0 Å². The monoisotopic (exact) mass is 308 g/mol. The number of pyridine rings is 1. The lowest BCUT2D eigenvalue weighted by Gasteiger charge is -2.19. The van der Waals surface area contributed by atoms with Crippen molar-refractivity contribution in [2.45, 2.75) is 37.9 Å². The molecule has 0 bridgehead atoms. The molecule has 0 radical (unpaired) electrons. The lowest BCUT2D eigenvalue weighted by Crippen LogP contribution is -2.19. The van der Waals surface area contributed by atoms with Crippen LogP contribution in [0.3, 0.4) is 0 Å². The maximum absolute atomic E-state index is 12.9. The zero-order chi connectivity index (χ0) is 12.5. The molecule has 0 spiro atoms. The van der Waals surface area contributed by atoms with Gasteiger partial charge in [-0.15, -0.1) is 0 Å². The summed E-state index contributed by atoms with van der Waals surface area (Å²) in [6.07, 6.45) is 2.02. The summed E-state index contributed by atoms with van der Waals surface area (Å²) in [7, 11) is 0. The summed E-state index contributed by atoms with van der Waals surface area (Å²) in [6.45, 7) is 0. The standard InChI is InChI=1S/C11H12BrF3N2/c12-8-5-16-6-9(10(8)11(13,14)15)17-7-3-1-2-4-7/h5-7,17H,1-4H2. The number of nitrogens with one attached hydrogen (secondary N) is 1. The molecular formula is C11H12BrF3N2. The summed E-state index contributed by atoms with van der Waals surface area (Å²) >= 11 is 2.91. The molecular weight excluding hydrogens is 297 g/mol. The minimum atomic E-state index is -4.37. The van der Waals surface area contributed by atoms with Crippen LogP contribution >= 0.6 is 15.9 Å². The third-order valence-electron chi connectivity index (χ3n) is 2.90. The van der Waals surface area contributed by atoms with Crippen LogP contribution in [-0.2, 0) is 6.18 Å². The largest absolute Gasteiger partial charge is 0.419 e. The SMILES string of the molecule is FC(F)(F)c1c(Br)cncc1NC1CCCC1. The Bertz CT molecular complexity index is 400. The number of anilines is 1. The number of hydrogen-bond donors (Lipinski definition) is 1. The van der Waals surface area contributed by atoms with Gasteiger partial charge in [-0.25, -0.2) is 0 Å². The van der Waals surface area contributed by atoms with Gasteiger partial charge in [-0.1, -0.05) is 12.8 Å². The van der Waals surface area contributed by atoms with Crippen LogP contribution in [-0.4, -0.2) is 11.0 Å². The number of alkyl halides is 3. The first-order valence-electron chi connectivity index (χ1n) is 5.45. The Labute approximate surface area is 106 Å². The highest BCUT2D eigenvalue weighted by molar-refractivity contribution is 9.10. The second kappa shape index (κ2) is 4.84. The highest BCUT2D eigenvalue weighted by atomic mass is 79.9. The van der Waals surface area contributed by atoms with Crippen LogP contribution in [0.4, 0.5) is 18.9 Å². The van der Waals surface area contributed by atoms with Crippen molar-refractivity contribution in [3.63, 3.8) is 0 Å². The summed E-state index contributed by atoms with van der Waals surface area (Å²) in [5, 5.41) is 2.94. The molecule has 0 aromatic carbocycles. The maximum Gasteiger partial charge on any atom is 0.419 e. The molecule has 0 aliphatic heterocycles. The Kier molecular flexibility index (Phi) is 3.61. The predicted octanol–water partition coefficient (Wildman–Crippen LogP) is 4.22. The van der Waals surface area contributed by atoms with Gasteiger partial charge in [0.25, 0.3) is 0 Å². The van der Waals surface area contributed by atoms with E-state index in [2.05, 4.69) is 26.2 Å². The molecule has 2 rings (SSSR count). The van der Waals surface area contributed by atoms with Crippen LogP contribution in [0.25, 0.3) is 0 Å². The normalized spacial score (nSPS) is 17.4.